The topological polar surface area (TPSA) is 47.9 Å². The number of carbonyl (C=O) groups is 1. The van der Waals surface area contributed by atoms with Crippen molar-refractivity contribution in [3.8, 4) is 0 Å². The number of carbonyl (C=O) groups excluding carboxylic acids is 1. The molecular weight excluding hydrogens is 206 g/mol. The summed E-state index contributed by atoms with van der Waals surface area (Å²) in [4.78, 5) is 16.5. The fraction of sp³-hybridized carbons (Fsp3) is 0.333. The molecule has 0 radical (unpaired) electrons. The van der Waals surface area contributed by atoms with E-state index in [0.717, 1.165) is 11.1 Å². The van der Waals surface area contributed by atoms with Gasteiger partial charge in [-0.25, -0.2) is 4.79 Å². The van der Waals surface area contributed by atoms with Crippen LogP contribution >= 0.6 is 0 Å². The molecule has 0 N–H and O–H groups in total. The summed E-state index contributed by atoms with van der Waals surface area (Å²) in [6.45, 7) is 4.11. The second kappa shape index (κ2) is 5.90. The van der Waals surface area contributed by atoms with Gasteiger partial charge in [-0.2, -0.15) is 0 Å². The summed E-state index contributed by atoms with van der Waals surface area (Å²) < 4.78 is 4.67. The van der Waals surface area contributed by atoms with Crippen LogP contribution in [0.25, 0.3) is 0 Å². The number of hydrogen-bond donors (Lipinski definition) is 0. The number of oxime groups is 1. The second-order valence-electron chi connectivity index (χ2n) is 3.16. The first-order chi connectivity index (χ1) is 7.70. The Bertz CT molecular complexity index is 399. The third-order valence-electron chi connectivity index (χ3n) is 2.06. The first kappa shape index (κ1) is 12.2. The van der Waals surface area contributed by atoms with Gasteiger partial charge in [0.25, 0.3) is 0 Å². The second-order valence-corrected chi connectivity index (χ2v) is 3.16. The maximum atomic E-state index is 11.5. The fourth-order valence-corrected chi connectivity index (χ4v) is 1.26. The highest BCUT2D eigenvalue weighted by atomic mass is 16.6. The minimum atomic E-state index is -0.497. The third-order valence-corrected chi connectivity index (χ3v) is 2.06. The number of methoxy groups -OCH3 is 1. The Morgan fingerprint density at radius 3 is 2.62 bits per heavy atom. The Morgan fingerprint density at radius 1 is 1.38 bits per heavy atom. The number of ether oxygens (including phenoxy) is 1. The normalized spacial score (nSPS) is 11.1. The van der Waals surface area contributed by atoms with Crippen molar-refractivity contribution in [1.29, 1.82) is 0 Å². The highest BCUT2D eigenvalue weighted by Crippen LogP contribution is 2.10. The summed E-state index contributed by atoms with van der Waals surface area (Å²) in [5.74, 6) is -0.497. The van der Waals surface area contributed by atoms with Crippen LogP contribution in [0.3, 0.4) is 0 Å². The number of aryl methyl sites for hydroxylation is 1. The predicted molar refractivity (Wildman–Crippen MR) is 61.4 cm³/mol. The van der Waals surface area contributed by atoms with Crippen molar-refractivity contribution in [1.82, 2.24) is 0 Å². The van der Waals surface area contributed by atoms with Crippen molar-refractivity contribution in [2.24, 2.45) is 5.16 Å². The lowest BCUT2D eigenvalue weighted by Crippen LogP contribution is -2.18. The maximum Gasteiger partial charge on any atom is 0.360 e. The third kappa shape index (κ3) is 2.82. The van der Waals surface area contributed by atoms with Crippen molar-refractivity contribution in [2.75, 3.05) is 13.7 Å². The van der Waals surface area contributed by atoms with E-state index >= 15 is 0 Å². The Morgan fingerprint density at radius 2 is 2.06 bits per heavy atom. The first-order valence-corrected chi connectivity index (χ1v) is 5.05. The van der Waals surface area contributed by atoms with Gasteiger partial charge in [0.15, 0.2) is 5.71 Å². The molecule has 0 aliphatic rings. The summed E-state index contributed by atoms with van der Waals surface area (Å²) in [5, 5.41) is 3.79. The lowest BCUT2D eigenvalue weighted by molar-refractivity contribution is -0.132. The van der Waals surface area contributed by atoms with Crippen molar-refractivity contribution < 1.29 is 14.4 Å². The van der Waals surface area contributed by atoms with Gasteiger partial charge in [0.05, 0.1) is 7.11 Å². The van der Waals surface area contributed by atoms with Gasteiger partial charge in [-0.1, -0.05) is 29.4 Å². The van der Waals surface area contributed by atoms with E-state index < -0.39 is 5.97 Å². The average Bonchev–Trinajstić information content (AvgIpc) is 2.31. The zero-order valence-corrected chi connectivity index (χ0v) is 9.69. The Kier molecular flexibility index (Phi) is 4.51. The molecule has 0 aromatic heterocycles. The summed E-state index contributed by atoms with van der Waals surface area (Å²) in [7, 11) is 1.32. The molecule has 4 nitrogen and oxygen atoms in total. The van der Waals surface area contributed by atoms with E-state index in [1.807, 2.05) is 31.2 Å². The maximum absolute atomic E-state index is 11.5. The molecule has 16 heavy (non-hydrogen) atoms. The lowest BCUT2D eigenvalue weighted by Gasteiger charge is -2.06. The van der Waals surface area contributed by atoms with Crippen LogP contribution in [0.5, 0.6) is 0 Å². The largest absolute Gasteiger partial charge is 0.464 e. The highest BCUT2D eigenvalue weighted by Gasteiger charge is 2.17. The van der Waals surface area contributed by atoms with E-state index in [-0.39, 0.29) is 5.71 Å². The minimum absolute atomic E-state index is 0.197. The Balaban J connectivity index is 3.11. The van der Waals surface area contributed by atoms with Crippen LogP contribution in [0, 0.1) is 6.92 Å². The monoisotopic (exact) mass is 221 g/mol. The van der Waals surface area contributed by atoms with Crippen molar-refractivity contribution in [3.05, 3.63) is 35.4 Å². The van der Waals surface area contributed by atoms with E-state index in [1.54, 1.807) is 6.92 Å². The van der Waals surface area contributed by atoms with Gasteiger partial charge in [0.1, 0.15) is 6.61 Å². The molecule has 0 heterocycles. The molecule has 1 rings (SSSR count). The Labute approximate surface area is 94.9 Å². The fourth-order valence-electron chi connectivity index (χ4n) is 1.26. The van der Waals surface area contributed by atoms with Gasteiger partial charge < -0.3 is 9.57 Å². The molecule has 0 fully saturated rings. The van der Waals surface area contributed by atoms with E-state index in [0.29, 0.717) is 6.61 Å². The van der Waals surface area contributed by atoms with Gasteiger partial charge in [0, 0.05) is 5.56 Å². The van der Waals surface area contributed by atoms with Crippen LogP contribution in [0.2, 0.25) is 0 Å². The number of nitrogens with zero attached hydrogens (tertiary/aromatic N) is 1. The average molecular weight is 221 g/mol. The molecule has 86 valence electrons. The van der Waals surface area contributed by atoms with E-state index in [9.17, 15) is 4.79 Å². The highest BCUT2D eigenvalue weighted by molar-refractivity contribution is 6.43. The standard InChI is InChI=1S/C12H15NO3/c1-4-16-13-11(12(14)15-3)10-8-6-5-7-9(10)2/h5-8H,4H2,1-3H3/b13-11+. The molecule has 0 bridgehead atoms. The summed E-state index contributed by atoms with van der Waals surface area (Å²) in [6.07, 6.45) is 0. The number of benzene rings is 1. The van der Waals surface area contributed by atoms with Gasteiger partial charge in [-0.05, 0) is 19.4 Å². The van der Waals surface area contributed by atoms with Crippen LogP contribution in [0.1, 0.15) is 18.1 Å². The molecule has 0 saturated carbocycles. The van der Waals surface area contributed by atoms with Gasteiger partial charge in [-0.15, -0.1) is 0 Å². The van der Waals surface area contributed by atoms with Crippen LogP contribution in [-0.4, -0.2) is 25.4 Å². The van der Waals surface area contributed by atoms with Crippen molar-refractivity contribution >= 4 is 11.7 Å². The zero-order chi connectivity index (χ0) is 12.0. The number of rotatable bonds is 4. The summed E-state index contributed by atoms with van der Waals surface area (Å²) in [5.41, 5.74) is 1.87. The molecule has 0 amide bonds. The summed E-state index contributed by atoms with van der Waals surface area (Å²) in [6, 6.07) is 7.45. The van der Waals surface area contributed by atoms with E-state index in [4.69, 9.17) is 4.84 Å². The molecule has 0 unspecified atom stereocenters. The van der Waals surface area contributed by atoms with Gasteiger partial charge in [-0.3, -0.25) is 0 Å². The van der Waals surface area contributed by atoms with E-state index in [1.165, 1.54) is 7.11 Å². The van der Waals surface area contributed by atoms with Crippen LogP contribution in [0.4, 0.5) is 0 Å². The molecule has 0 atom stereocenters. The number of hydrogen-bond acceptors (Lipinski definition) is 4. The van der Waals surface area contributed by atoms with Gasteiger partial charge in [0.2, 0.25) is 0 Å². The van der Waals surface area contributed by atoms with Crippen molar-refractivity contribution in [2.45, 2.75) is 13.8 Å². The number of esters is 1. The molecule has 0 spiro atoms. The van der Waals surface area contributed by atoms with E-state index in [2.05, 4.69) is 9.89 Å². The summed E-state index contributed by atoms with van der Waals surface area (Å²) >= 11 is 0. The smallest absolute Gasteiger partial charge is 0.360 e. The van der Waals surface area contributed by atoms with Crippen LogP contribution in [0.15, 0.2) is 29.4 Å². The molecule has 1 aromatic rings. The lowest BCUT2D eigenvalue weighted by atomic mass is 10.0. The molecular formula is C12H15NO3. The quantitative estimate of drug-likeness (QED) is 0.443. The molecule has 0 saturated heterocycles. The first-order valence-electron chi connectivity index (χ1n) is 5.05. The van der Waals surface area contributed by atoms with Crippen LogP contribution < -0.4 is 0 Å². The Hall–Kier alpha value is -1.84. The molecule has 0 aliphatic heterocycles. The van der Waals surface area contributed by atoms with Crippen LogP contribution in [-0.2, 0) is 14.4 Å². The molecule has 4 heteroatoms. The van der Waals surface area contributed by atoms with Crippen molar-refractivity contribution in [3.63, 3.8) is 0 Å². The molecule has 1 aromatic carbocycles. The zero-order valence-electron chi connectivity index (χ0n) is 9.69. The van der Waals surface area contributed by atoms with Gasteiger partial charge >= 0.3 is 5.97 Å². The predicted octanol–water partition coefficient (Wildman–Crippen LogP) is 1.91. The minimum Gasteiger partial charge on any atom is -0.464 e. The molecule has 0 aliphatic carbocycles. The SMILES string of the molecule is CCO/N=C(/C(=O)OC)c1ccccc1C.